The van der Waals surface area contributed by atoms with Crippen molar-refractivity contribution in [2.45, 2.75) is 77.2 Å². The summed E-state index contributed by atoms with van der Waals surface area (Å²) in [6.07, 6.45) is 16.1. The standard InChI is InChI=1S/C22H32N2O/c1-21-9-7-15(25)13-14(21)3-4-16-17-5-6-19(20-23-11-12-24-20)22(17,2)10-8-18(16)21/h3,11-12,15-19,25H,4-10,13H2,1-2H3,(H,23,24)/t15?,16-,17-,18+,19?,21-,22-/m0/s1. The van der Waals surface area contributed by atoms with Crippen molar-refractivity contribution < 1.29 is 5.11 Å². The van der Waals surface area contributed by atoms with E-state index in [1.54, 1.807) is 5.57 Å². The van der Waals surface area contributed by atoms with Gasteiger partial charge in [-0.25, -0.2) is 4.98 Å². The molecule has 3 saturated carbocycles. The van der Waals surface area contributed by atoms with Gasteiger partial charge in [0.15, 0.2) is 0 Å². The SMILES string of the molecule is C[C@]12CCC(O)CC1=CC[C@@H]1[C@H]2CC[C@]2(C)C(c3ncc[nH]3)CC[C@@H]12. The van der Waals surface area contributed by atoms with Crippen LogP contribution in [0.3, 0.4) is 0 Å². The summed E-state index contributed by atoms with van der Waals surface area (Å²) in [5.41, 5.74) is 2.35. The number of aromatic amines is 1. The van der Waals surface area contributed by atoms with Crippen molar-refractivity contribution in [2.75, 3.05) is 0 Å². The van der Waals surface area contributed by atoms with Crippen molar-refractivity contribution in [2.24, 2.45) is 28.6 Å². The topological polar surface area (TPSA) is 48.9 Å². The predicted octanol–water partition coefficient (Wildman–Crippen LogP) is 4.82. The quantitative estimate of drug-likeness (QED) is 0.720. The van der Waals surface area contributed by atoms with Crippen LogP contribution in [0.4, 0.5) is 0 Å². The number of fused-ring (bicyclic) bond motifs is 5. The molecular formula is C22H32N2O. The van der Waals surface area contributed by atoms with Crippen LogP contribution in [-0.4, -0.2) is 21.2 Å². The van der Waals surface area contributed by atoms with E-state index in [-0.39, 0.29) is 6.10 Å². The molecule has 3 fully saturated rings. The Hall–Kier alpha value is -1.09. The van der Waals surface area contributed by atoms with E-state index in [0.29, 0.717) is 16.7 Å². The number of nitrogens with one attached hydrogen (secondary N) is 1. The first-order chi connectivity index (χ1) is 12.0. The second-order valence-corrected chi connectivity index (χ2v) is 9.80. The third-order valence-corrected chi connectivity index (χ3v) is 8.93. The third kappa shape index (κ3) is 2.17. The van der Waals surface area contributed by atoms with Crippen molar-refractivity contribution in [3.8, 4) is 0 Å². The normalized spacial score (nSPS) is 49.1. The number of hydrogen-bond acceptors (Lipinski definition) is 2. The molecule has 0 amide bonds. The average molecular weight is 341 g/mol. The maximum atomic E-state index is 10.1. The van der Waals surface area contributed by atoms with E-state index in [1.807, 2.05) is 12.4 Å². The second kappa shape index (κ2) is 5.45. The van der Waals surface area contributed by atoms with Crippen molar-refractivity contribution >= 4 is 0 Å². The van der Waals surface area contributed by atoms with E-state index in [1.165, 1.54) is 44.3 Å². The van der Waals surface area contributed by atoms with E-state index in [4.69, 9.17) is 0 Å². The molecule has 0 aromatic carbocycles. The smallest absolute Gasteiger partial charge is 0.109 e. The van der Waals surface area contributed by atoms with Gasteiger partial charge in [-0.1, -0.05) is 25.5 Å². The third-order valence-electron chi connectivity index (χ3n) is 8.93. The number of aliphatic hydroxyl groups is 1. The highest BCUT2D eigenvalue weighted by Gasteiger charge is 2.59. The van der Waals surface area contributed by atoms with Gasteiger partial charge in [0.1, 0.15) is 5.82 Å². The van der Waals surface area contributed by atoms with Gasteiger partial charge in [-0.3, -0.25) is 0 Å². The molecule has 5 rings (SSSR count). The maximum Gasteiger partial charge on any atom is 0.109 e. The summed E-state index contributed by atoms with van der Waals surface area (Å²) < 4.78 is 0. The molecule has 0 aliphatic heterocycles. The fourth-order valence-electron chi connectivity index (χ4n) is 7.56. The molecule has 1 aromatic heterocycles. The van der Waals surface area contributed by atoms with Gasteiger partial charge in [0.25, 0.3) is 0 Å². The molecule has 1 heterocycles. The lowest BCUT2D eigenvalue weighted by Crippen LogP contribution is -2.50. The van der Waals surface area contributed by atoms with Gasteiger partial charge in [-0.15, -0.1) is 0 Å². The van der Waals surface area contributed by atoms with Gasteiger partial charge in [0.05, 0.1) is 6.10 Å². The number of imidazole rings is 1. The van der Waals surface area contributed by atoms with Crippen molar-refractivity contribution in [1.82, 2.24) is 9.97 Å². The lowest BCUT2D eigenvalue weighted by molar-refractivity contribution is -0.0415. The van der Waals surface area contributed by atoms with Gasteiger partial charge in [-0.2, -0.15) is 0 Å². The molecule has 0 spiro atoms. The summed E-state index contributed by atoms with van der Waals surface area (Å²) in [5.74, 6) is 4.33. The Labute approximate surface area is 151 Å². The molecule has 0 radical (unpaired) electrons. The molecule has 136 valence electrons. The average Bonchev–Trinajstić information content (AvgIpc) is 3.22. The summed E-state index contributed by atoms with van der Waals surface area (Å²) in [5, 5.41) is 10.1. The zero-order valence-electron chi connectivity index (χ0n) is 15.7. The summed E-state index contributed by atoms with van der Waals surface area (Å²) in [4.78, 5) is 8.05. The lowest BCUT2D eigenvalue weighted by atomic mass is 9.47. The molecule has 3 heteroatoms. The minimum atomic E-state index is -0.0976. The number of aliphatic hydroxyl groups excluding tert-OH is 1. The maximum absolute atomic E-state index is 10.1. The van der Waals surface area contributed by atoms with Crippen LogP contribution in [-0.2, 0) is 0 Å². The van der Waals surface area contributed by atoms with E-state index >= 15 is 0 Å². The summed E-state index contributed by atoms with van der Waals surface area (Å²) in [6.45, 7) is 5.07. The van der Waals surface area contributed by atoms with Crippen molar-refractivity contribution in [3.05, 3.63) is 29.9 Å². The van der Waals surface area contributed by atoms with Gasteiger partial charge in [0, 0.05) is 18.3 Å². The fraction of sp³-hybridized carbons (Fsp3) is 0.773. The van der Waals surface area contributed by atoms with Crippen molar-refractivity contribution in [3.63, 3.8) is 0 Å². The first kappa shape index (κ1) is 16.1. The van der Waals surface area contributed by atoms with Gasteiger partial charge in [0.2, 0.25) is 0 Å². The first-order valence-electron chi connectivity index (χ1n) is 10.4. The molecule has 2 N–H and O–H groups in total. The molecule has 2 unspecified atom stereocenters. The van der Waals surface area contributed by atoms with Crippen LogP contribution >= 0.6 is 0 Å². The molecular weight excluding hydrogens is 308 g/mol. The van der Waals surface area contributed by atoms with Gasteiger partial charge in [-0.05, 0) is 80.0 Å². The Morgan fingerprint density at radius 1 is 1.12 bits per heavy atom. The van der Waals surface area contributed by atoms with Crippen LogP contribution in [0.25, 0.3) is 0 Å². The second-order valence-electron chi connectivity index (χ2n) is 9.80. The number of aromatic nitrogens is 2. The molecule has 25 heavy (non-hydrogen) atoms. The highest BCUT2D eigenvalue weighted by Crippen LogP contribution is 2.67. The zero-order valence-corrected chi connectivity index (χ0v) is 15.7. The minimum absolute atomic E-state index is 0.0976. The van der Waals surface area contributed by atoms with Crippen LogP contribution in [0.15, 0.2) is 24.0 Å². The molecule has 7 atom stereocenters. The van der Waals surface area contributed by atoms with Crippen LogP contribution in [0.2, 0.25) is 0 Å². The molecule has 0 saturated heterocycles. The highest BCUT2D eigenvalue weighted by molar-refractivity contribution is 5.26. The van der Waals surface area contributed by atoms with E-state index in [9.17, 15) is 5.11 Å². The molecule has 4 aliphatic carbocycles. The number of H-pyrrole nitrogens is 1. The minimum Gasteiger partial charge on any atom is -0.393 e. The summed E-state index contributed by atoms with van der Waals surface area (Å²) >= 11 is 0. The van der Waals surface area contributed by atoms with E-state index in [2.05, 4.69) is 29.9 Å². The van der Waals surface area contributed by atoms with Gasteiger partial charge < -0.3 is 10.1 Å². The van der Waals surface area contributed by atoms with Crippen LogP contribution < -0.4 is 0 Å². The number of nitrogens with zero attached hydrogens (tertiary/aromatic N) is 1. The Morgan fingerprint density at radius 2 is 2.00 bits per heavy atom. The first-order valence-corrected chi connectivity index (χ1v) is 10.4. The van der Waals surface area contributed by atoms with E-state index < -0.39 is 0 Å². The van der Waals surface area contributed by atoms with Gasteiger partial charge >= 0.3 is 0 Å². The summed E-state index contributed by atoms with van der Waals surface area (Å²) in [6, 6.07) is 0. The fourth-order valence-corrected chi connectivity index (χ4v) is 7.56. The van der Waals surface area contributed by atoms with E-state index in [0.717, 1.165) is 30.6 Å². The zero-order chi connectivity index (χ0) is 17.2. The lowest BCUT2D eigenvalue weighted by Gasteiger charge is -2.57. The highest BCUT2D eigenvalue weighted by atomic mass is 16.3. The monoisotopic (exact) mass is 340 g/mol. The molecule has 3 nitrogen and oxygen atoms in total. The Balaban J connectivity index is 1.47. The Morgan fingerprint density at radius 3 is 2.80 bits per heavy atom. The predicted molar refractivity (Wildman–Crippen MR) is 99.0 cm³/mol. The number of allylic oxidation sites excluding steroid dienone is 1. The largest absolute Gasteiger partial charge is 0.393 e. The molecule has 0 bridgehead atoms. The Kier molecular flexibility index (Phi) is 3.51. The Bertz CT molecular complexity index is 680. The van der Waals surface area contributed by atoms with Crippen LogP contribution in [0, 0.1) is 28.6 Å². The summed E-state index contributed by atoms with van der Waals surface area (Å²) in [7, 11) is 0. The number of rotatable bonds is 1. The van der Waals surface area contributed by atoms with Crippen molar-refractivity contribution in [1.29, 1.82) is 0 Å². The number of hydrogen-bond donors (Lipinski definition) is 2. The van der Waals surface area contributed by atoms with Crippen LogP contribution in [0.5, 0.6) is 0 Å². The molecule has 1 aromatic rings. The molecule has 4 aliphatic rings. The van der Waals surface area contributed by atoms with Crippen LogP contribution in [0.1, 0.15) is 77.0 Å².